The fraction of sp³-hybridized carbons (Fsp3) is 0.417. The van der Waals surface area contributed by atoms with Gasteiger partial charge in [0.1, 0.15) is 5.75 Å². The molecule has 0 aliphatic rings. The van der Waals surface area contributed by atoms with Gasteiger partial charge in [-0.25, -0.2) is 4.79 Å². The first-order chi connectivity index (χ1) is 8.02. The number of carbonyl (C=O) groups excluding carboxylic acids is 1. The van der Waals surface area contributed by atoms with Crippen molar-refractivity contribution in [2.75, 3.05) is 6.26 Å². The predicted octanol–water partition coefficient (Wildman–Crippen LogP) is 4.14. The molecule has 0 heterocycles. The Hall–Kier alpha value is -0.870. The number of rotatable bonds is 4. The molecule has 0 amide bonds. The first kappa shape index (κ1) is 14.2. The number of carbonyl (C=O) groups is 1. The van der Waals surface area contributed by atoms with Crippen molar-refractivity contribution >= 4 is 29.5 Å². The molecule has 0 unspecified atom stereocenters. The van der Waals surface area contributed by atoms with Crippen LogP contribution in [0.3, 0.4) is 0 Å². The second-order valence-corrected chi connectivity index (χ2v) is 5.05. The molecule has 94 valence electrons. The number of hydrogen-bond donors (Lipinski definition) is 0. The van der Waals surface area contributed by atoms with Crippen LogP contribution in [0.2, 0.25) is 0 Å². The van der Waals surface area contributed by atoms with Crippen LogP contribution in [0.4, 0.5) is 4.79 Å². The third kappa shape index (κ3) is 4.88. The Morgan fingerprint density at radius 3 is 2.35 bits per heavy atom. The summed E-state index contributed by atoms with van der Waals surface area (Å²) in [5.74, 6) is 0.489. The van der Waals surface area contributed by atoms with Gasteiger partial charge in [0.05, 0.1) is 0 Å². The van der Waals surface area contributed by atoms with Crippen LogP contribution in [-0.2, 0) is 4.74 Å². The zero-order chi connectivity index (χ0) is 12.8. The van der Waals surface area contributed by atoms with Crippen molar-refractivity contribution in [3.05, 3.63) is 24.3 Å². The molecule has 1 rings (SSSR count). The topological polar surface area (TPSA) is 35.5 Å². The van der Waals surface area contributed by atoms with Crippen LogP contribution in [0.1, 0.15) is 13.8 Å². The van der Waals surface area contributed by atoms with Gasteiger partial charge in [-0.2, -0.15) is 0 Å². The van der Waals surface area contributed by atoms with Crippen LogP contribution in [0.15, 0.2) is 29.2 Å². The van der Waals surface area contributed by atoms with E-state index in [1.54, 1.807) is 23.9 Å². The van der Waals surface area contributed by atoms with Crippen molar-refractivity contribution in [1.29, 1.82) is 0 Å². The summed E-state index contributed by atoms with van der Waals surface area (Å²) in [5, 5.41) is 0. The lowest BCUT2D eigenvalue weighted by molar-refractivity contribution is 0.0725. The van der Waals surface area contributed by atoms with Crippen LogP contribution in [0, 0.1) is 5.92 Å². The Morgan fingerprint density at radius 1 is 1.29 bits per heavy atom. The molecule has 5 heteroatoms. The highest BCUT2D eigenvalue weighted by Crippen LogP contribution is 2.20. The fourth-order valence-corrected chi connectivity index (χ4v) is 1.47. The van der Waals surface area contributed by atoms with Gasteiger partial charge in [0.2, 0.25) is 0 Å². The lowest BCUT2D eigenvalue weighted by atomic mass is 10.2. The van der Waals surface area contributed by atoms with Gasteiger partial charge in [-0.05, 0) is 30.5 Å². The monoisotopic (exact) mass is 274 g/mol. The van der Waals surface area contributed by atoms with Gasteiger partial charge >= 0.3 is 6.16 Å². The number of alkyl halides is 1. The SMILES string of the molecule is CSc1ccc(OC(=O)O[C@@H](Cl)C(C)C)cc1. The summed E-state index contributed by atoms with van der Waals surface area (Å²) >= 11 is 7.42. The van der Waals surface area contributed by atoms with Gasteiger partial charge < -0.3 is 9.47 Å². The van der Waals surface area contributed by atoms with Gasteiger partial charge in [-0.3, -0.25) is 0 Å². The zero-order valence-electron chi connectivity index (χ0n) is 9.98. The molecule has 3 nitrogen and oxygen atoms in total. The van der Waals surface area contributed by atoms with E-state index in [1.807, 2.05) is 32.2 Å². The standard InChI is InChI=1S/C12H15ClO3S/c1-8(2)11(13)16-12(14)15-9-4-6-10(17-3)7-5-9/h4-8,11H,1-3H3/t11-/m1/s1. The van der Waals surface area contributed by atoms with E-state index in [0.29, 0.717) is 5.75 Å². The number of ether oxygens (including phenoxy) is 2. The molecule has 0 saturated carbocycles. The molecule has 0 fully saturated rings. The van der Waals surface area contributed by atoms with Crippen molar-refractivity contribution in [2.24, 2.45) is 5.92 Å². The average Bonchev–Trinajstić information content (AvgIpc) is 2.29. The molecule has 17 heavy (non-hydrogen) atoms. The van der Waals surface area contributed by atoms with Gasteiger partial charge in [-0.15, -0.1) is 11.8 Å². The summed E-state index contributed by atoms with van der Waals surface area (Å²) in [6.07, 6.45) is 1.20. The second kappa shape index (κ2) is 6.77. The van der Waals surface area contributed by atoms with E-state index in [1.165, 1.54) is 0 Å². The molecular weight excluding hydrogens is 260 g/mol. The fourth-order valence-electron chi connectivity index (χ4n) is 0.992. The van der Waals surface area contributed by atoms with Crippen LogP contribution in [-0.4, -0.2) is 18.0 Å². The van der Waals surface area contributed by atoms with Crippen molar-refractivity contribution < 1.29 is 14.3 Å². The maximum absolute atomic E-state index is 11.3. The number of hydrogen-bond acceptors (Lipinski definition) is 4. The lowest BCUT2D eigenvalue weighted by Crippen LogP contribution is -2.20. The van der Waals surface area contributed by atoms with E-state index in [2.05, 4.69) is 0 Å². The molecule has 1 atom stereocenters. The maximum Gasteiger partial charge on any atom is 0.515 e. The summed E-state index contributed by atoms with van der Waals surface area (Å²) in [5.41, 5.74) is -0.673. The molecule has 1 aromatic carbocycles. The molecule has 0 N–H and O–H groups in total. The third-order valence-electron chi connectivity index (χ3n) is 1.99. The van der Waals surface area contributed by atoms with Gasteiger partial charge in [0.25, 0.3) is 0 Å². The Labute approximate surface area is 110 Å². The highest BCUT2D eigenvalue weighted by molar-refractivity contribution is 7.98. The van der Waals surface area contributed by atoms with Crippen LogP contribution < -0.4 is 4.74 Å². The highest BCUT2D eigenvalue weighted by atomic mass is 35.5. The van der Waals surface area contributed by atoms with Crippen LogP contribution in [0.5, 0.6) is 5.75 Å². The number of halogens is 1. The lowest BCUT2D eigenvalue weighted by Gasteiger charge is -2.13. The zero-order valence-corrected chi connectivity index (χ0v) is 11.5. The molecule has 0 spiro atoms. The Bertz CT molecular complexity index is 365. The molecule has 0 aliphatic carbocycles. The normalized spacial score (nSPS) is 12.3. The van der Waals surface area contributed by atoms with E-state index in [4.69, 9.17) is 21.1 Å². The van der Waals surface area contributed by atoms with Gasteiger partial charge in [0.15, 0.2) is 5.56 Å². The van der Waals surface area contributed by atoms with Gasteiger partial charge in [0, 0.05) is 10.8 Å². The first-order valence-corrected chi connectivity index (χ1v) is 6.85. The molecule has 0 radical (unpaired) electrons. The van der Waals surface area contributed by atoms with E-state index in [0.717, 1.165) is 4.90 Å². The Balaban J connectivity index is 2.50. The van der Waals surface area contributed by atoms with Gasteiger partial charge in [-0.1, -0.05) is 25.4 Å². The Morgan fingerprint density at radius 2 is 1.88 bits per heavy atom. The minimum Gasteiger partial charge on any atom is -0.414 e. The van der Waals surface area contributed by atoms with Crippen LogP contribution >= 0.6 is 23.4 Å². The van der Waals surface area contributed by atoms with E-state index >= 15 is 0 Å². The van der Waals surface area contributed by atoms with Crippen molar-refractivity contribution in [1.82, 2.24) is 0 Å². The van der Waals surface area contributed by atoms with Crippen molar-refractivity contribution in [2.45, 2.75) is 24.3 Å². The van der Waals surface area contributed by atoms with E-state index in [9.17, 15) is 4.79 Å². The number of benzene rings is 1. The quantitative estimate of drug-likeness (QED) is 0.358. The summed E-state index contributed by atoms with van der Waals surface area (Å²) < 4.78 is 9.85. The molecule has 0 aromatic heterocycles. The van der Waals surface area contributed by atoms with E-state index in [-0.39, 0.29) is 5.92 Å². The van der Waals surface area contributed by atoms with E-state index < -0.39 is 11.7 Å². The molecule has 0 aliphatic heterocycles. The molecule has 0 saturated heterocycles. The predicted molar refractivity (Wildman–Crippen MR) is 69.8 cm³/mol. The Kier molecular flexibility index (Phi) is 5.65. The average molecular weight is 275 g/mol. The van der Waals surface area contributed by atoms with Crippen LogP contribution in [0.25, 0.3) is 0 Å². The summed E-state index contributed by atoms with van der Waals surface area (Å²) in [6.45, 7) is 3.72. The smallest absolute Gasteiger partial charge is 0.414 e. The number of thioether (sulfide) groups is 1. The molecule has 1 aromatic rings. The minimum absolute atomic E-state index is 0.0445. The molecule has 0 bridgehead atoms. The summed E-state index contributed by atoms with van der Waals surface area (Å²) in [6, 6.07) is 7.17. The third-order valence-corrected chi connectivity index (χ3v) is 3.33. The summed E-state index contributed by atoms with van der Waals surface area (Å²) in [4.78, 5) is 12.4. The first-order valence-electron chi connectivity index (χ1n) is 5.19. The second-order valence-electron chi connectivity index (χ2n) is 3.74. The maximum atomic E-state index is 11.3. The summed E-state index contributed by atoms with van der Waals surface area (Å²) in [7, 11) is 0. The molecular formula is C12H15ClO3S. The largest absolute Gasteiger partial charge is 0.515 e. The highest BCUT2D eigenvalue weighted by Gasteiger charge is 2.16. The van der Waals surface area contributed by atoms with Crippen molar-refractivity contribution in [3.63, 3.8) is 0 Å². The minimum atomic E-state index is -0.782. The van der Waals surface area contributed by atoms with Crippen molar-refractivity contribution in [3.8, 4) is 5.75 Å².